The third-order valence-electron chi connectivity index (χ3n) is 5.53. The van der Waals surface area contributed by atoms with Gasteiger partial charge in [-0.05, 0) is 50.2 Å². The summed E-state index contributed by atoms with van der Waals surface area (Å²) in [5.74, 6) is -0.654. The van der Waals surface area contributed by atoms with Gasteiger partial charge >= 0.3 is 0 Å². The Morgan fingerprint density at radius 3 is 2.34 bits per heavy atom. The summed E-state index contributed by atoms with van der Waals surface area (Å²) < 4.78 is 5.38. The topological polar surface area (TPSA) is 110 Å². The molecule has 5 aromatic rings. The third kappa shape index (κ3) is 4.63. The average molecular weight is 463 g/mol. The fourth-order valence-corrected chi connectivity index (χ4v) is 3.72. The van der Waals surface area contributed by atoms with Gasteiger partial charge in [-0.3, -0.25) is 14.6 Å². The summed E-state index contributed by atoms with van der Waals surface area (Å²) in [6, 6.07) is 19.7. The Kier molecular flexibility index (Phi) is 5.76. The molecule has 8 heteroatoms. The van der Waals surface area contributed by atoms with Gasteiger partial charge < -0.3 is 15.2 Å². The molecule has 0 atom stereocenters. The predicted octanol–water partition coefficient (Wildman–Crippen LogP) is 5.41. The number of carbonyl (C=O) groups excluding carboxylic acids is 2. The molecule has 2 aromatic carbocycles. The molecule has 2 amide bonds. The van der Waals surface area contributed by atoms with Crippen LogP contribution in [0.25, 0.3) is 22.4 Å². The van der Waals surface area contributed by atoms with Gasteiger partial charge in [-0.15, -0.1) is 0 Å². The number of rotatable bonds is 5. The Labute approximate surface area is 201 Å². The standard InChI is InChI=1S/C27H21N5O3/c1-16-6-8-18(9-7-16)23-15-22(24-17(2)32-35-27(24)31-23)26(34)30-21-5-3-4-19(14-21)25(33)29-20-10-12-28-13-11-20/h3-15H,1-2H3,(H,30,34)(H,28,29,33). The molecule has 3 aromatic heterocycles. The van der Waals surface area contributed by atoms with Gasteiger partial charge in [0.15, 0.2) is 0 Å². The molecular formula is C27H21N5O3. The van der Waals surface area contributed by atoms with Crippen LogP contribution in [-0.2, 0) is 0 Å². The lowest BCUT2D eigenvalue weighted by atomic mass is 10.0. The van der Waals surface area contributed by atoms with E-state index in [1.54, 1.807) is 61.8 Å². The second kappa shape index (κ2) is 9.18. The predicted molar refractivity (Wildman–Crippen MR) is 133 cm³/mol. The molecule has 0 aliphatic heterocycles. The van der Waals surface area contributed by atoms with E-state index in [9.17, 15) is 9.59 Å². The highest BCUT2D eigenvalue weighted by atomic mass is 16.5. The van der Waals surface area contributed by atoms with Gasteiger partial charge in [-0.25, -0.2) is 4.98 Å². The van der Waals surface area contributed by atoms with E-state index in [0.29, 0.717) is 39.3 Å². The Balaban J connectivity index is 1.45. The number of nitrogens with zero attached hydrogens (tertiary/aromatic N) is 3. The van der Waals surface area contributed by atoms with Gasteiger partial charge in [-0.2, -0.15) is 0 Å². The van der Waals surface area contributed by atoms with E-state index < -0.39 is 0 Å². The van der Waals surface area contributed by atoms with Crippen LogP contribution in [-0.4, -0.2) is 26.9 Å². The van der Waals surface area contributed by atoms with Crippen LogP contribution < -0.4 is 10.6 Å². The summed E-state index contributed by atoms with van der Waals surface area (Å²) in [6.07, 6.45) is 3.19. The first-order valence-electron chi connectivity index (χ1n) is 10.9. The number of pyridine rings is 2. The van der Waals surface area contributed by atoms with Gasteiger partial charge in [0.25, 0.3) is 17.5 Å². The van der Waals surface area contributed by atoms with Gasteiger partial charge in [0.1, 0.15) is 0 Å². The van der Waals surface area contributed by atoms with Crippen LogP contribution in [0, 0.1) is 13.8 Å². The number of aromatic nitrogens is 3. The minimum Gasteiger partial charge on any atom is -0.335 e. The van der Waals surface area contributed by atoms with Crippen LogP contribution in [0.1, 0.15) is 32.0 Å². The Morgan fingerprint density at radius 2 is 1.57 bits per heavy atom. The van der Waals surface area contributed by atoms with Crippen LogP contribution in [0.15, 0.2) is 83.6 Å². The first-order valence-corrected chi connectivity index (χ1v) is 10.9. The molecule has 5 rings (SSSR count). The first kappa shape index (κ1) is 22.0. The van der Waals surface area contributed by atoms with Crippen molar-refractivity contribution in [3.05, 3.63) is 102 Å². The van der Waals surface area contributed by atoms with E-state index in [0.717, 1.165) is 11.1 Å². The molecule has 0 aliphatic rings. The molecule has 35 heavy (non-hydrogen) atoms. The van der Waals surface area contributed by atoms with Crippen molar-refractivity contribution in [2.45, 2.75) is 13.8 Å². The first-order chi connectivity index (χ1) is 17.0. The Hall–Kier alpha value is -4.85. The minimum absolute atomic E-state index is 0.288. The molecular weight excluding hydrogens is 442 g/mol. The van der Waals surface area contributed by atoms with Crippen molar-refractivity contribution >= 4 is 34.3 Å². The number of aryl methyl sites for hydroxylation is 2. The SMILES string of the molecule is Cc1ccc(-c2cc(C(=O)Nc3cccc(C(=O)Nc4ccncc4)c3)c3c(C)noc3n2)cc1. The number of fused-ring (bicyclic) bond motifs is 1. The summed E-state index contributed by atoms with van der Waals surface area (Å²) >= 11 is 0. The maximum absolute atomic E-state index is 13.4. The van der Waals surface area contributed by atoms with Crippen molar-refractivity contribution in [3.8, 4) is 11.3 Å². The van der Waals surface area contributed by atoms with Crippen molar-refractivity contribution < 1.29 is 14.1 Å². The van der Waals surface area contributed by atoms with Crippen molar-refractivity contribution in [2.24, 2.45) is 0 Å². The molecule has 8 nitrogen and oxygen atoms in total. The fraction of sp³-hybridized carbons (Fsp3) is 0.0741. The molecule has 0 fully saturated rings. The number of hydrogen-bond acceptors (Lipinski definition) is 6. The number of amides is 2. The number of carbonyl (C=O) groups is 2. The second-order valence-corrected chi connectivity index (χ2v) is 8.09. The number of nitrogens with one attached hydrogen (secondary N) is 2. The highest BCUT2D eigenvalue weighted by Gasteiger charge is 2.20. The smallest absolute Gasteiger partial charge is 0.259 e. The lowest BCUT2D eigenvalue weighted by molar-refractivity contribution is 0.101. The zero-order valence-corrected chi connectivity index (χ0v) is 19.1. The molecule has 172 valence electrons. The van der Waals surface area contributed by atoms with E-state index >= 15 is 0 Å². The third-order valence-corrected chi connectivity index (χ3v) is 5.53. The summed E-state index contributed by atoms with van der Waals surface area (Å²) in [5.41, 5.74) is 5.33. The number of hydrogen-bond donors (Lipinski definition) is 2. The fourth-order valence-electron chi connectivity index (χ4n) is 3.72. The molecule has 2 N–H and O–H groups in total. The Bertz CT molecular complexity index is 1540. The van der Waals surface area contributed by atoms with Crippen LogP contribution in [0.5, 0.6) is 0 Å². The van der Waals surface area contributed by atoms with Gasteiger partial charge in [0.05, 0.1) is 22.3 Å². The number of anilines is 2. The van der Waals surface area contributed by atoms with E-state index in [1.165, 1.54) is 0 Å². The van der Waals surface area contributed by atoms with Crippen molar-refractivity contribution in [1.82, 2.24) is 15.1 Å². The summed E-state index contributed by atoms with van der Waals surface area (Å²) in [4.78, 5) is 34.5. The van der Waals surface area contributed by atoms with E-state index in [4.69, 9.17) is 4.52 Å². The van der Waals surface area contributed by atoms with Gasteiger partial charge in [-0.1, -0.05) is 41.1 Å². The van der Waals surface area contributed by atoms with Crippen LogP contribution in [0.2, 0.25) is 0 Å². The van der Waals surface area contributed by atoms with E-state index in [2.05, 4.69) is 25.8 Å². The maximum atomic E-state index is 13.4. The molecule has 0 unspecified atom stereocenters. The van der Waals surface area contributed by atoms with Crippen molar-refractivity contribution in [3.63, 3.8) is 0 Å². The van der Waals surface area contributed by atoms with Crippen LogP contribution >= 0.6 is 0 Å². The zero-order valence-electron chi connectivity index (χ0n) is 19.1. The van der Waals surface area contributed by atoms with E-state index in [1.807, 2.05) is 31.2 Å². The van der Waals surface area contributed by atoms with Crippen molar-refractivity contribution in [2.75, 3.05) is 10.6 Å². The minimum atomic E-state index is -0.358. The lowest BCUT2D eigenvalue weighted by Gasteiger charge is -2.10. The molecule has 0 radical (unpaired) electrons. The Morgan fingerprint density at radius 1 is 0.829 bits per heavy atom. The highest BCUT2D eigenvalue weighted by Crippen LogP contribution is 2.28. The second-order valence-electron chi connectivity index (χ2n) is 8.09. The monoisotopic (exact) mass is 463 g/mol. The molecule has 0 saturated heterocycles. The summed E-state index contributed by atoms with van der Waals surface area (Å²) in [5, 5.41) is 10.2. The summed E-state index contributed by atoms with van der Waals surface area (Å²) in [6.45, 7) is 3.77. The summed E-state index contributed by atoms with van der Waals surface area (Å²) in [7, 11) is 0. The number of benzene rings is 2. The highest BCUT2D eigenvalue weighted by molar-refractivity contribution is 6.13. The lowest BCUT2D eigenvalue weighted by Crippen LogP contribution is -2.15. The largest absolute Gasteiger partial charge is 0.335 e. The molecule has 0 bridgehead atoms. The zero-order chi connectivity index (χ0) is 24.4. The molecule has 0 spiro atoms. The van der Waals surface area contributed by atoms with Crippen LogP contribution in [0.4, 0.5) is 11.4 Å². The van der Waals surface area contributed by atoms with Crippen LogP contribution in [0.3, 0.4) is 0 Å². The average Bonchev–Trinajstić information content (AvgIpc) is 3.25. The van der Waals surface area contributed by atoms with Gasteiger partial charge in [0, 0.05) is 34.9 Å². The quantitative estimate of drug-likeness (QED) is 0.361. The normalized spacial score (nSPS) is 10.8. The van der Waals surface area contributed by atoms with E-state index in [-0.39, 0.29) is 17.5 Å². The molecule has 0 saturated carbocycles. The van der Waals surface area contributed by atoms with Crippen molar-refractivity contribution in [1.29, 1.82) is 0 Å². The van der Waals surface area contributed by atoms with Gasteiger partial charge in [0.2, 0.25) is 0 Å². The maximum Gasteiger partial charge on any atom is 0.259 e. The molecule has 0 aliphatic carbocycles. The molecule has 3 heterocycles.